The van der Waals surface area contributed by atoms with Crippen molar-refractivity contribution in [1.82, 2.24) is 16.2 Å². The standard InChI is InChI=1S/C16H22FN3O2S/c1-2-3-4-11-18-16(23)20-19-15(22)10-9-14(21)12-5-7-13(17)8-6-12/h5-8H,2-4,9-11H2,1H3,(H,19,22)(H2,18,20,23). The zero-order chi connectivity index (χ0) is 17.1. The summed E-state index contributed by atoms with van der Waals surface area (Å²) in [5.74, 6) is -0.943. The Bertz CT molecular complexity index is 535. The van der Waals surface area contributed by atoms with Crippen LogP contribution in [0.15, 0.2) is 24.3 Å². The highest BCUT2D eigenvalue weighted by Gasteiger charge is 2.09. The predicted molar refractivity (Wildman–Crippen MR) is 91.4 cm³/mol. The van der Waals surface area contributed by atoms with E-state index in [1.165, 1.54) is 24.3 Å². The van der Waals surface area contributed by atoms with Gasteiger partial charge in [0.05, 0.1) is 0 Å². The van der Waals surface area contributed by atoms with Gasteiger partial charge in [0.1, 0.15) is 5.82 Å². The Hall–Kier alpha value is -2.02. The summed E-state index contributed by atoms with van der Waals surface area (Å²) in [5, 5.41) is 3.32. The Morgan fingerprint density at radius 2 is 1.78 bits per heavy atom. The Morgan fingerprint density at radius 3 is 2.43 bits per heavy atom. The minimum absolute atomic E-state index is 0.0294. The average Bonchev–Trinajstić information content (AvgIpc) is 2.55. The first-order chi connectivity index (χ1) is 11.0. The van der Waals surface area contributed by atoms with Crippen LogP contribution in [0.4, 0.5) is 4.39 Å². The van der Waals surface area contributed by atoms with E-state index in [2.05, 4.69) is 23.1 Å². The van der Waals surface area contributed by atoms with Crippen molar-refractivity contribution in [2.45, 2.75) is 39.0 Å². The average molecular weight is 339 g/mol. The van der Waals surface area contributed by atoms with Crippen LogP contribution in [-0.4, -0.2) is 23.3 Å². The molecule has 0 aliphatic carbocycles. The molecule has 1 rings (SSSR count). The summed E-state index contributed by atoms with van der Waals surface area (Å²) >= 11 is 5.01. The van der Waals surface area contributed by atoms with Crippen LogP contribution in [0.2, 0.25) is 0 Å². The number of carbonyl (C=O) groups excluding carboxylic acids is 2. The van der Waals surface area contributed by atoms with Crippen molar-refractivity contribution < 1.29 is 14.0 Å². The van der Waals surface area contributed by atoms with Crippen LogP contribution in [0.3, 0.4) is 0 Å². The van der Waals surface area contributed by atoms with E-state index in [1.807, 2.05) is 0 Å². The first-order valence-electron chi connectivity index (χ1n) is 7.64. The summed E-state index contributed by atoms with van der Waals surface area (Å²) in [6.07, 6.45) is 3.34. The lowest BCUT2D eigenvalue weighted by atomic mass is 10.1. The molecule has 0 aliphatic rings. The number of ketones is 1. The molecule has 3 N–H and O–H groups in total. The lowest BCUT2D eigenvalue weighted by molar-refractivity contribution is -0.121. The minimum Gasteiger partial charge on any atom is -0.361 e. The monoisotopic (exact) mass is 339 g/mol. The Morgan fingerprint density at radius 1 is 1.09 bits per heavy atom. The smallest absolute Gasteiger partial charge is 0.238 e. The normalized spacial score (nSPS) is 10.0. The first-order valence-corrected chi connectivity index (χ1v) is 8.05. The highest BCUT2D eigenvalue weighted by Crippen LogP contribution is 2.07. The summed E-state index contributed by atoms with van der Waals surface area (Å²) < 4.78 is 12.8. The lowest BCUT2D eigenvalue weighted by Gasteiger charge is -2.11. The molecule has 1 aromatic carbocycles. The zero-order valence-electron chi connectivity index (χ0n) is 13.2. The molecule has 126 valence electrons. The summed E-state index contributed by atoms with van der Waals surface area (Å²) in [7, 11) is 0. The Balaban J connectivity index is 2.20. The molecule has 5 nitrogen and oxygen atoms in total. The maximum Gasteiger partial charge on any atom is 0.238 e. The van der Waals surface area contributed by atoms with Gasteiger partial charge in [0.15, 0.2) is 10.9 Å². The number of Topliss-reactive ketones (excluding diaryl/α,β-unsaturated/α-hetero) is 1. The van der Waals surface area contributed by atoms with Gasteiger partial charge < -0.3 is 5.32 Å². The van der Waals surface area contributed by atoms with E-state index in [1.54, 1.807) is 0 Å². The molecule has 0 fully saturated rings. The van der Waals surface area contributed by atoms with Crippen molar-refractivity contribution in [3.63, 3.8) is 0 Å². The van der Waals surface area contributed by atoms with Gasteiger partial charge in [0, 0.05) is 24.9 Å². The first kappa shape index (κ1) is 19.0. The number of amides is 1. The van der Waals surface area contributed by atoms with Crippen molar-refractivity contribution in [3.05, 3.63) is 35.6 Å². The molecule has 0 bridgehead atoms. The van der Waals surface area contributed by atoms with E-state index in [0.29, 0.717) is 10.7 Å². The highest BCUT2D eigenvalue weighted by molar-refractivity contribution is 7.80. The molecule has 0 aromatic heterocycles. The summed E-state index contributed by atoms with van der Waals surface area (Å²) in [6, 6.07) is 5.25. The number of nitrogens with one attached hydrogen (secondary N) is 3. The van der Waals surface area contributed by atoms with Crippen LogP contribution in [0.1, 0.15) is 49.4 Å². The summed E-state index contributed by atoms with van der Waals surface area (Å²) in [6.45, 7) is 2.86. The van der Waals surface area contributed by atoms with Gasteiger partial charge in [-0.2, -0.15) is 0 Å². The molecule has 0 aliphatic heterocycles. The van der Waals surface area contributed by atoms with Crippen LogP contribution in [0.5, 0.6) is 0 Å². The van der Waals surface area contributed by atoms with Gasteiger partial charge >= 0.3 is 0 Å². The van der Waals surface area contributed by atoms with Gasteiger partial charge in [-0.05, 0) is 42.9 Å². The third-order valence-electron chi connectivity index (χ3n) is 3.13. The van der Waals surface area contributed by atoms with E-state index < -0.39 is 5.82 Å². The Labute approximate surface area is 141 Å². The van der Waals surface area contributed by atoms with Crippen molar-refractivity contribution >= 4 is 29.0 Å². The fourth-order valence-corrected chi connectivity index (χ4v) is 1.97. The second-order valence-electron chi connectivity index (χ2n) is 5.07. The number of carbonyl (C=O) groups is 2. The van der Waals surface area contributed by atoms with Gasteiger partial charge in [-0.25, -0.2) is 4.39 Å². The Kier molecular flexibility index (Phi) is 8.82. The molecule has 0 spiro atoms. The molecule has 0 atom stereocenters. The maximum atomic E-state index is 12.8. The molecular formula is C16H22FN3O2S. The van der Waals surface area contributed by atoms with Crippen LogP contribution in [0.25, 0.3) is 0 Å². The number of hydrazine groups is 1. The topological polar surface area (TPSA) is 70.2 Å². The van der Waals surface area contributed by atoms with E-state index in [0.717, 1.165) is 25.8 Å². The van der Waals surface area contributed by atoms with E-state index >= 15 is 0 Å². The number of benzene rings is 1. The number of hydrogen-bond acceptors (Lipinski definition) is 3. The van der Waals surface area contributed by atoms with Gasteiger partial charge in [0.2, 0.25) is 5.91 Å². The molecule has 0 heterocycles. The summed E-state index contributed by atoms with van der Waals surface area (Å²) in [4.78, 5) is 23.5. The fraction of sp³-hybridized carbons (Fsp3) is 0.438. The van der Waals surface area contributed by atoms with E-state index in [-0.39, 0.29) is 24.5 Å². The van der Waals surface area contributed by atoms with Crippen LogP contribution in [0, 0.1) is 5.82 Å². The van der Waals surface area contributed by atoms with Crippen molar-refractivity contribution in [1.29, 1.82) is 0 Å². The molecule has 1 amide bonds. The van der Waals surface area contributed by atoms with Crippen LogP contribution < -0.4 is 16.2 Å². The molecule has 0 saturated carbocycles. The molecule has 7 heteroatoms. The lowest BCUT2D eigenvalue weighted by Crippen LogP contribution is -2.47. The van der Waals surface area contributed by atoms with Gasteiger partial charge in [0.25, 0.3) is 0 Å². The van der Waals surface area contributed by atoms with Crippen molar-refractivity contribution in [3.8, 4) is 0 Å². The van der Waals surface area contributed by atoms with E-state index in [4.69, 9.17) is 12.2 Å². The van der Waals surface area contributed by atoms with Crippen LogP contribution >= 0.6 is 12.2 Å². The second kappa shape index (κ2) is 10.7. The third kappa shape index (κ3) is 8.25. The predicted octanol–water partition coefficient (Wildman–Crippen LogP) is 2.47. The number of halogens is 1. The van der Waals surface area contributed by atoms with Gasteiger partial charge in [-0.3, -0.25) is 20.4 Å². The van der Waals surface area contributed by atoms with Crippen molar-refractivity contribution in [2.24, 2.45) is 0 Å². The third-order valence-corrected chi connectivity index (χ3v) is 3.37. The quantitative estimate of drug-likeness (QED) is 0.294. The number of rotatable bonds is 8. The molecule has 0 radical (unpaired) electrons. The molecule has 0 unspecified atom stereocenters. The largest absolute Gasteiger partial charge is 0.361 e. The molecule has 0 saturated heterocycles. The number of hydrogen-bond donors (Lipinski definition) is 3. The number of thiocarbonyl (C=S) groups is 1. The molecular weight excluding hydrogens is 317 g/mol. The number of unbranched alkanes of at least 4 members (excludes halogenated alkanes) is 2. The van der Waals surface area contributed by atoms with Crippen LogP contribution in [-0.2, 0) is 4.79 Å². The maximum absolute atomic E-state index is 12.8. The summed E-state index contributed by atoms with van der Waals surface area (Å²) in [5.41, 5.74) is 5.41. The highest BCUT2D eigenvalue weighted by atomic mass is 32.1. The van der Waals surface area contributed by atoms with Crippen molar-refractivity contribution in [2.75, 3.05) is 6.54 Å². The fourth-order valence-electron chi connectivity index (χ4n) is 1.82. The van der Waals surface area contributed by atoms with Gasteiger partial charge in [-0.15, -0.1) is 0 Å². The second-order valence-corrected chi connectivity index (χ2v) is 5.47. The molecule has 1 aromatic rings. The SMILES string of the molecule is CCCCCNC(=S)NNC(=O)CCC(=O)c1ccc(F)cc1. The van der Waals surface area contributed by atoms with Gasteiger partial charge in [-0.1, -0.05) is 19.8 Å². The molecule has 23 heavy (non-hydrogen) atoms. The zero-order valence-corrected chi connectivity index (χ0v) is 14.0. The van der Waals surface area contributed by atoms with E-state index in [9.17, 15) is 14.0 Å². The minimum atomic E-state index is -0.400.